The van der Waals surface area contributed by atoms with Crippen LogP contribution in [0.2, 0.25) is 0 Å². The number of carbonyl (C=O) groups is 2. The molecule has 3 aromatic heterocycles. The SMILES string of the molecule is CCC1=C(C)c2nc1cc1[nH]c(c(C)c1CC)c1c3[nH]c(cc4nc(c2-c2ccccc2NC(=O)c2cc5cc(c2)OCCOCCOCCOCCOc2cc(cc(c2)C(=O)Nc2ccccc2-1)OCCOCCOCCOCCO5)C(C)=C4CC)c(CC)c3C. The summed E-state index contributed by atoms with van der Waals surface area (Å²) < 4.78 is 60.2. The number of rotatable bonds is 4. The second-order valence-corrected chi connectivity index (χ2v) is 22.8. The number of ether oxygens (including phenoxy) is 10. The Morgan fingerprint density at radius 3 is 1.05 bits per heavy atom. The van der Waals surface area contributed by atoms with Crippen LogP contribution in [0.25, 0.3) is 66.6 Å². The number of benzene rings is 4. The van der Waals surface area contributed by atoms with E-state index in [1.807, 2.05) is 42.5 Å². The fraction of sp³-hybridized carbons (Fsp3) is 0.378. The highest BCUT2D eigenvalue weighted by Gasteiger charge is 2.29. The van der Waals surface area contributed by atoms with Gasteiger partial charge in [-0.05, 0) is 146 Å². The number of carbonyl (C=O) groups excluding carboxylic acids is 2. The van der Waals surface area contributed by atoms with Crippen molar-refractivity contribution in [1.82, 2.24) is 19.9 Å². The van der Waals surface area contributed by atoms with Crippen molar-refractivity contribution in [3.05, 3.63) is 153 Å². The van der Waals surface area contributed by atoms with Crippen molar-refractivity contribution in [2.24, 2.45) is 0 Å². The first kappa shape index (κ1) is 64.9. The van der Waals surface area contributed by atoms with E-state index in [0.717, 1.165) is 124 Å². The highest BCUT2D eigenvalue weighted by molar-refractivity contribution is 6.11. The minimum absolute atomic E-state index is 0.197. The Morgan fingerprint density at radius 1 is 0.391 bits per heavy atom. The van der Waals surface area contributed by atoms with Gasteiger partial charge in [-0.2, -0.15) is 0 Å². The predicted molar refractivity (Wildman–Crippen MR) is 361 cm³/mol. The summed E-state index contributed by atoms with van der Waals surface area (Å²) in [5.74, 6) is 0.971. The quantitative estimate of drug-likeness (QED) is 0.129. The highest BCUT2D eigenvalue weighted by atomic mass is 16.6. The molecule has 0 fully saturated rings. The minimum Gasteiger partial charge on any atom is -0.491 e. The first-order valence-corrected chi connectivity index (χ1v) is 32.3. The van der Waals surface area contributed by atoms with E-state index in [1.165, 1.54) is 0 Å². The first-order valence-electron chi connectivity index (χ1n) is 32.3. The van der Waals surface area contributed by atoms with Gasteiger partial charge in [-0.3, -0.25) is 9.59 Å². The highest BCUT2D eigenvalue weighted by Crippen LogP contribution is 2.47. The van der Waals surface area contributed by atoms with Crippen LogP contribution in [0.4, 0.5) is 11.4 Å². The molecule has 0 unspecified atom stereocenters. The number of H-pyrrole nitrogens is 2. The molecule has 0 spiro atoms. The topological polar surface area (TPSA) is 208 Å². The molecule has 0 saturated carbocycles. The Kier molecular flexibility index (Phi) is 21.6. The number of anilines is 2. The number of amides is 2. The third kappa shape index (κ3) is 14.7. The molecule has 92 heavy (non-hydrogen) atoms. The van der Waals surface area contributed by atoms with E-state index < -0.39 is 0 Å². The maximum atomic E-state index is 15.0. The Morgan fingerprint density at radius 2 is 0.717 bits per heavy atom. The number of nitrogens with zero attached hydrogens (tertiary/aromatic N) is 2. The second-order valence-electron chi connectivity index (χ2n) is 22.8. The maximum Gasteiger partial charge on any atom is 0.255 e. The molecule has 2 amide bonds. The maximum absolute atomic E-state index is 15.0. The molecule has 7 aliphatic heterocycles. The fourth-order valence-corrected chi connectivity index (χ4v) is 12.5. The predicted octanol–water partition coefficient (Wildman–Crippen LogP) is 14.2. The van der Waals surface area contributed by atoms with Gasteiger partial charge in [0.25, 0.3) is 11.8 Å². The van der Waals surface area contributed by atoms with E-state index in [1.54, 1.807) is 36.4 Å². The summed E-state index contributed by atoms with van der Waals surface area (Å²) in [7, 11) is 0. The van der Waals surface area contributed by atoms with Gasteiger partial charge in [0.1, 0.15) is 49.4 Å². The summed E-state index contributed by atoms with van der Waals surface area (Å²) in [6.07, 6.45) is 2.83. The summed E-state index contributed by atoms with van der Waals surface area (Å²) in [5.41, 5.74) is 20.5. The Hall–Kier alpha value is -8.62. The first-order chi connectivity index (χ1) is 45.0. The van der Waals surface area contributed by atoms with Crippen LogP contribution in [0.15, 0.2) is 97.1 Å². The average Bonchev–Trinajstić information content (AvgIpc) is 1.59. The molecular weight excluding hydrogens is 1160 g/mol. The molecule has 0 radical (unpaired) electrons. The summed E-state index contributed by atoms with van der Waals surface area (Å²) in [6, 6.07) is 30.6. The Balaban J connectivity index is 1.15. The van der Waals surface area contributed by atoms with Gasteiger partial charge in [0.05, 0.1) is 113 Å². The lowest BCUT2D eigenvalue weighted by Crippen LogP contribution is -2.16. The van der Waals surface area contributed by atoms with Crippen LogP contribution in [0.1, 0.15) is 120 Å². The van der Waals surface area contributed by atoms with Gasteiger partial charge in [0.2, 0.25) is 0 Å². The molecule has 14 rings (SSSR count). The van der Waals surface area contributed by atoms with Gasteiger partial charge in [0.15, 0.2) is 0 Å². The number of aryl methyl sites for hydroxylation is 4. The van der Waals surface area contributed by atoms with Gasteiger partial charge in [-0.15, -0.1) is 0 Å². The van der Waals surface area contributed by atoms with E-state index in [4.69, 9.17) is 57.3 Å². The van der Waals surface area contributed by atoms with Crippen LogP contribution < -0.4 is 29.6 Å². The van der Waals surface area contributed by atoms with Crippen molar-refractivity contribution in [2.75, 3.05) is 116 Å². The zero-order chi connectivity index (χ0) is 64.1. The van der Waals surface area contributed by atoms with E-state index in [9.17, 15) is 0 Å². The molecule has 18 nitrogen and oxygen atoms in total. The van der Waals surface area contributed by atoms with E-state index in [0.29, 0.717) is 111 Å². The van der Waals surface area contributed by atoms with Crippen LogP contribution in [-0.4, -0.2) is 137 Å². The number of aromatic nitrogens is 4. The molecule has 10 heterocycles. The van der Waals surface area contributed by atoms with Gasteiger partial charge >= 0.3 is 0 Å². The molecule has 16 bridgehead atoms. The number of para-hydroxylation sites is 2. The molecule has 482 valence electrons. The van der Waals surface area contributed by atoms with Crippen molar-refractivity contribution in [1.29, 1.82) is 0 Å². The zero-order valence-corrected chi connectivity index (χ0v) is 54.2. The van der Waals surface area contributed by atoms with Crippen LogP contribution in [0.3, 0.4) is 0 Å². The van der Waals surface area contributed by atoms with Crippen LogP contribution in [0, 0.1) is 13.8 Å². The van der Waals surface area contributed by atoms with Crippen molar-refractivity contribution in [2.45, 2.75) is 81.1 Å². The van der Waals surface area contributed by atoms with Crippen molar-refractivity contribution in [3.63, 3.8) is 0 Å². The summed E-state index contributed by atoms with van der Waals surface area (Å²) >= 11 is 0. The third-order valence-electron chi connectivity index (χ3n) is 17.1. The standard InChI is InChI=1S/C74H84N6O12/c1-9-55-45(5)69-67-59-17-13-15-19-61(59)79-73(81)49-37-51-41-52(38-49)90-34-30-86-26-22-84-24-28-88-32-36-92-54-40-50(39-53(42-54)91-35-31-87-27-23-83-21-25-85-29-33-89-51)74(82)80-62-20-16-14-18-60(62)68(71-46(6)56(10-2)64(76-71)43-63(55)75-69)72-48(8)58(12-4)66(78-72)44-65-57(11-3)47(7)70(67)77-65/h13-20,37-44,75,77H,9-12,21-36H2,1-8H3,(H,79,81)(H,80,82). The Labute approximate surface area is 538 Å². The monoisotopic (exact) mass is 1250 g/mol. The smallest absolute Gasteiger partial charge is 0.255 e. The minimum atomic E-state index is -0.377. The molecule has 0 saturated heterocycles. The molecule has 0 atom stereocenters. The van der Waals surface area contributed by atoms with Gasteiger partial charge in [-0.25, -0.2) is 9.97 Å². The van der Waals surface area contributed by atoms with Crippen molar-refractivity contribution in [3.8, 4) is 45.3 Å². The van der Waals surface area contributed by atoms with Crippen molar-refractivity contribution < 1.29 is 57.0 Å². The molecule has 4 aromatic carbocycles. The third-order valence-corrected chi connectivity index (χ3v) is 17.1. The van der Waals surface area contributed by atoms with Crippen LogP contribution in [-0.2, 0) is 41.3 Å². The van der Waals surface area contributed by atoms with Gasteiger partial charge < -0.3 is 68.0 Å². The number of hydrogen-bond donors (Lipinski definition) is 4. The van der Waals surface area contributed by atoms with Crippen LogP contribution in [0.5, 0.6) is 23.0 Å². The summed E-state index contributed by atoms with van der Waals surface area (Å²) in [6.45, 7) is 21.9. The largest absolute Gasteiger partial charge is 0.491 e. The normalized spacial score (nSPS) is 16.4. The number of aromatic amines is 2. The lowest BCUT2D eigenvalue weighted by atomic mass is 9.92. The van der Waals surface area contributed by atoms with Crippen molar-refractivity contribution >= 4 is 67.5 Å². The number of nitrogens with one attached hydrogen (secondary N) is 4. The molecule has 7 aliphatic rings. The molecule has 7 aromatic rings. The fourth-order valence-electron chi connectivity index (χ4n) is 12.5. The number of hydrogen-bond acceptors (Lipinski definition) is 14. The molecular formula is C74H84N6O12. The Bertz CT molecular complexity index is 3900. The average molecular weight is 1250 g/mol. The molecule has 18 heteroatoms. The zero-order valence-electron chi connectivity index (χ0n) is 54.2. The summed E-state index contributed by atoms with van der Waals surface area (Å²) in [4.78, 5) is 49.4. The van der Waals surface area contributed by atoms with Gasteiger partial charge in [-0.1, -0.05) is 64.1 Å². The molecule has 0 aliphatic carbocycles. The van der Waals surface area contributed by atoms with E-state index >= 15 is 9.59 Å². The lowest BCUT2D eigenvalue weighted by Gasteiger charge is -2.16. The van der Waals surface area contributed by atoms with Crippen LogP contribution >= 0.6 is 0 Å². The second kappa shape index (κ2) is 30.7. The van der Waals surface area contributed by atoms with E-state index in [-0.39, 0.29) is 64.7 Å². The summed E-state index contributed by atoms with van der Waals surface area (Å²) in [5, 5.41) is 6.66. The van der Waals surface area contributed by atoms with Gasteiger partial charge in [0, 0.05) is 67.9 Å². The number of allylic oxidation sites excluding steroid dienone is 4. The molecule has 4 N–H and O–H groups in total. The lowest BCUT2D eigenvalue weighted by molar-refractivity contribution is 0.00433. The van der Waals surface area contributed by atoms with E-state index in [2.05, 4.69) is 94.2 Å².